The molecule has 0 radical (unpaired) electrons. The van der Waals surface area contributed by atoms with Gasteiger partial charge in [-0.15, -0.1) is 0 Å². The summed E-state index contributed by atoms with van der Waals surface area (Å²) in [5.74, 6) is 0.124. The van der Waals surface area contributed by atoms with Gasteiger partial charge in [0.05, 0.1) is 11.9 Å². The number of carboxylic acids is 1. The van der Waals surface area contributed by atoms with Crippen LogP contribution in [0.3, 0.4) is 0 Å². The molecule has 0 aromatic carbocycles. The van der Waals surface area contributed by atoms with Crippen LogP contribution in [-0.2, 0) is 0 Å². The molecule has 1 saturated heterocycles. The molecule has 2 rings (SSSR count). The van der Waals surface area contributed by atoms with Gasteiger partial charge in [0.1, 0.15) is 5.69 Å². The second-order valence-corrected chi connectivity index (χ2v) is 5.70. The summed E-state index contributed by atoms with van der Waals surface area (Å²) in [6.07, 6.45) is 1.66. The van der Waals surface area contributed by atoms with Gasteiger partial charge in [-0.05, 0) is 19.1 Å². The van der Waals surface area contributed by atoms with E-state index in [0.717, 1.165) is 18.0 Å². The molecule has 1 aliphatic heterocycles. The number of hydrogen-bond acceptors (Lipinski definition) is 4. The van der Waals surface area contributed by atoms with Crippen LogP contribution in [0.25, 0.3) is 0 Å². The third-order valence-electron chi connectivity index (χ3n) is 3.18. The summed E-state index contributed by atoms with van der Waals surface area (Å²) in [7, 11) is 0. The summed E-state index contributed by atoms with van der Waals surface area (Å²) in [4.78, 5) is 17.0. The molecule has 0 spiro atoms. The molecule has 1 fully saturated rings. The molecule has 5 heteroatoms. The highest BCUT2D eigenvalue weighted by molar-refractivity contribution is 8.00. The van der Waals surface area contributed by atoms with E-state index in [9.17, 15) is 4.79 Å². The highest BCUT2D eigenvalue weighted by Crippen LogP contribution is 2.28. The zero-order valence-corrected chi connectivity index (χ0v) is 10.8. The van der Waals surface area contributed by atoms with Gasteiger partial charge in [-0.3, -0.25) is 0 Å². The Morgan fingerprint density at radius 1 is 1.53 bits per heavy atom. The Hall–Kier alpha value is -1.23. The van der Waals surface area contributed by atoms with Crippen LogP contribution in [0, 0.1) is 0 Å². The van der Waals surface area contributed by atoms with Gasteiger partial charge in [0.2, 0.25) is 0 Å². The first-order valence-electron chi connectivity index (χ1n) is 5.67. The van der Waals surface area contributed by atoms with Crippen molar-refractivity contribution in [3.8, 4) is 0 Å². The molecule has 2 atom stereocenters. The minimum atomic E-state index is -0.979. The second-order valence-electron chi connectivity index (χ2n) is 4.22. The molecular formula is C12H16N2O2S. The van der Waals surface area contributed by atoms with Gasteiger partial charge >= 0.3 is 5.97 Å². The molecule has 92 valence electrons. The fourth-order valence-corrected chi connectivity index (χ4v) is 3.08. The maximum atomic E-state index is 10.7. The van der Waals surface area contributed by atoms with Crippen LogP contribution in [0.4, 0.5) is 5.69 Å². The standard InChI is InChI=1S/C12H16N2O2S/c1-8-9(2)17-6-5-14(8)10-3-4-11(12(15)16)13-7-10/h3-4,7-9H,5-6H2,1-2H3,(H,15,16). The Kier molecular flexibility index (Phi) is 3.57. The monoisotopic (exact) mass is 252 g/mol. The lowest BCUT2D eigenvalue weighted by Gasteiger charge is -2.39. The molecule has 2 unspecified atom stereocenters. The summed E-state index contributed by atoms with van der Waals surface area (Å²) >= 11 is 1.98. The average Bonchev–Trinajstić information content (AvgIpc) is 2.33. The van der Waals surface area contributed by atoms with E-state index >= 15 is 0 Å². The maximum absolute atomic E-state index is 10.7. The van der Waals surface area contributed by atoms with Crippen molar-refractivity contribution in [2.24, 2.45) is 0 Å². The first kappa shape index (κ1) is 12.2. The molecule has 0 amide bonds. The van der Waals surface area contributed by atoms with Crippen molar-refractivity contribution in [2.45, 2.75) is 25.1 Å². The molecule has 0 aliphatic carbocycles. The molecule has 4 nitrogen and oxygen atoms in total. The van der Waals surface area contributed by atoms with Gasteiger partial charge < -0.3 is 10.0 Å². The van der Waals surface area contributed by atoms with Crippen LogP contribution in [0.1, 0.15) is 24.3 Å². The summed E-state index contributed by atoms with van der Waals surface area (Å²) < 4.78 is 0. The van der Waals surface area contributed by atoms with Gasteiger partial charge in [-0.25, -0.2) is 9.78 Å². The maximum Gasteiger partial charge on any atom is 0.354 e. The SMILES string of the molecule is CC1SCCN(c2ccc(C(=O)O)nc2)C1C. The molecule has 17 heavy (non-hydrogen) atoms. The van der Waals surface area contributed by atoms with E-state index in [4.69, 9.17) is 5.11 Å². The first-order valence-corrected chi connectivity index (χ1v) is 6.72. The van der Waals surface area contributed by atoms with Crippen molar-refractivity contribution in [1.82, 2.24) is 4.98 Å². The number of nitrogens with zero attached hydrogens (tertiary/aromatic N) is 2. The summed E-state index contributed by atoms with van der Waals surface area (Å²) in [6, 6.07) is 3.86. The van der Waals surface area contributed by atoms with Gasteiger partial charge in [-0.2, -0.15) is 11.8 Å². The fourth-order valence-electron chi connectivity index (χ4n) is 1.98. The Bertz CT molecular complexity index is 407. The number of carbonyl (C=O) groups is 1. The number of thioether (sulfide) groups is 1. The van der Waals surface area contributed by atoms with Crippen molar-refractivity contribution >= 4 is 23.4 Å². The van der Waals surface area contributed by atoms with Crippen molar-refractivity contribution in [3.63, 3.8) is 0 Å². The number of pyridine rings is 1. The third kappa shape index (κ3) is 2.54. The molecule has 2 heterocycles. The van der Waals surface area contributed by atoms with Gasteiger partial charge in [-0.1, -0.05) is 6.92 Å². The van der Waals surface area contributed by atoms with E-state index in [-0.39, 0.29) is 5.69 Å². The highest BCUT2D eigenvalue weighted by atomic mass is 32.2. The quantitative estimate of drug-likeness (QED) is 0.873. The Labute approximate surface area is 105 Å². The van der Waals surface area contributed by atoms with Crippen LogP contribution in [0.5, 0.6) is 0 Å². The lowest BCUT2D eigenvalue weighted by Crippen LogP contribution is -2.44. The number of hydrogen-bond donors (Lipinski definition) is 1. The minimum Gasteiger partial charge on any atom is -0.477 e. The van der Waals surface area contributed by atoms with Crippen LogP contribution >= 0.6 is 11.8 Å². The number of aromatic carboxylic acids is 1. The van der Waals surface area contributed by atoms with Gasteiger partial charge in [0.15, 0.2) is 0 Å². The smallest absolute Gasteiger partial charge is 0.354 e. The van der Waals surface area contributed by atoms with E-state index in [2.05, 4.69) is 23.7 Å². The Morgan fingerprint density at radius 2 is 2.29 bits per heavy atom. The minimum absolute atomic E-state index is 0.0980. The van der Waals surface area contributed by atoms with E-state index in [1.807, 2.05) is 17.8 Å². The Balaban J connectivity index is 2.19. The summed E-state index contributed by atoms with van der Waals surface area (Å²) in [5.41, 5.74) is 1.11. The predicted molar refractivity (Wildman–Crippen MR) is 69.9 cm³/mol. The second kappa shape index (κ2) is 4.96. The van der Waals surface area contributed by atoms with Crippen LogP contribution in [0.15, 0.2) is 18.3 Å². The van der Waals surface area contributed by atoms with Crippen molar-refractivity contribution < 1.29 is 9.90 Å². The van der Waals surface area contributed by atoms with Crippen molar-refractivity contribution in [2.75, 3.05) is 17.2 Å². The van der Waals surface area contributed by atoms with Crippen LogP contribution in [-0.4, -0.2) is 39.6 Å². The van der Waals surface area contributed by atoms with Crippen molar-refractivity contribution in [3.05, 3.63) is 24.0 Å². The molecule has 1 aromatic heterocycles. The first-order chi connectivity index (χ1) is 8.09. The van der Waals surface area contributed by atoms with E-state index in [0.29, 0.717) is 11.3 Å². The number of aromatic nitrogens is 1. The van der Waals surface area contributed by atoms with E-state index in [1.165, 1.54) is 0 Å². The topological polar surface area (TPSA) is 53.4 Å². The normalized spacial score (nSPS) is 24.7. The molecule has 0 saturated carbocycles. The Morgan fingerprint density at radius 3 is 2.88 bits per heavy atom. The lowest BCUT2D eigenvalue weighted by atomic mass is 10.2. The highest BCUT2D eigenvalue weighted by Gasteiger charge is 2.25. The van der Waals surface area contributed by atoms with Gasteiger partial charge in [0, 0.05) is 23.6 Å². The lowest BCUT2D eigenvalue weighted by molar-refractivity contribution is 0.0690. The summed E-state index contributed by atoms with van der Waals surface area (Å²) in [5, 5.41) is 9.39. The number of rotatable bonds is 2. The van der Waals surface area contributed by atoms with Crippen molar-refractivity contribution in [1.29, 1.82) is 0 Å². The third-order valence-corrected chi connectivity index (χ3v) is 4.52. The molecule has 0 bridgehead atoms. The molecule has 1 N–H and O–H groups in total. The van der Waals surface area contributed by atoms with Crippen LogP contribution < -0.4 is 4.90 Å². The zero-order chi connectivity index (χ0) is 12.4. The number of carboxylic acid groups (broad SMARTS) is 1. The van der Waals surface area contributed by atoms with Gasteiger partial charge in [0.25, 0.3) is 0 Å². The largest absolute Gasteiger partial charge is 0.477 e. The fraction of sp³-hybridized carbons (Fsp3) is 0.500. The molecule has 1 aromatic rings. The number of anilines is 1. The predicted octanol–water partition coefficient (Wildman–Crippen LogP) is 2.11. The van der Waals surface area contributed by atoms with E-state index < -0.39 is 5.97 Å². The van der Waals surface area contributed by atoms with Crippen LogP contribution in [0.2, 0.25) is 0 Å². The average molecular weight is 252 g/mol. The summed E-state index contributed by atoms with van der Waals surface area (Å²) in [6.45, 7) is 5.41. The molecular weight excluding hydrogens is 236 g/mol. The zero-order valence-electron chi connectivity index (χ0n) is 9.96. The van der Waals surface area contributed by atoms with E-state index in [1.54, 1.807) is 12.3 Å². The molecule has 1 aliphatic rings.